The van der Waals surface area contributed by atoms with E-state index >= 15 is 0 Å². The smallest absolute Gasteiger partial charge is 0.0692 e. The van der Waals surface area contributed by atoms with Gasteiger partial charge in [-0.2, -0.15) is 0 Å². The standard InChI is InChI=1S/C17H29N3O/c1-3-14(4-2)17(21)13-19-15-7-11-20(12-8-15)16-5-9-18-10-6-16/h5-6,9-10,14-15,17,19,21H,3-4,7-8,11-13H2,1-2H3. The molecule has 0 radical (unpaired) electrons. The van der Waals surface area contributed by atoms with Gasteiger partial charge in [0.2, 0.25) is 0 Å². The number of piperidine rings is 1. The Morgan fingerprint density at radius 2 is 1.86 bits per heavy atom. The lowest BCUT2D eigenvalue weighted by Gasteiger charge is -2.34. The molecule has 0 aromatic carbocycles. The lowest BCUT2D eigenvalue weighted by atomic mass is 9.96. The number of aliphatic hydroxyl groups excluding tert-OH is 1. The number of pyridine rings is 1. The molecule has 118 valence electrons. The molecule has 1 atom stereocenters. The van der Waals surface area contributed by atoms with Crippen LogP contribution in [0.5, 0.6) is 0 Å². The maximum absolute atomic E-state index is 10.2. The van der Waals surface area contributed by atoms with Crippen LogP contribution in [0.25, 0.3) is 0 Å². The molecule has 0 saturated carbocycles. The summed E-state index contributed by atoms with van der Waals surface area (Å²) in [6, 6.07) is 4.68. The highest BCUT2D eigenvalue weighted by Gasteiger charge is 2.21. The van der Waals surface area contributed by atoms with Gasteiger partial charge in [-0.05, 0) is 30.9 Å². The molecule has 1 fully saturated rings. The van der Waals surface area contributed by atoms with Gasteiger partial charge in [-0.1, -0.05) is 26.7 Å². The van der Waals surface area contributed by atoms with E-state index in [1.165, 1.54) is 5.69 Å². The largest absolute Gasteiger partial charge is 0.392 e. The molecule has 1 saturated heterocycles. The topological polar surface area (TPSA) is 48.4 Å². The van der Waals surface area contributed by atoms with Gasteiger partial charge in [-0.15, -0.1) is 0 Å². The zero-order chi connectivity index (χ0) is 15.1. The first-order chi connectivity index (χ1) is 10.2. The quantitative estimate of drug-likeness (QED) is 0.810. The van der Waals surface area contributed by atoms with Crippen molar-refractivity contribution in [3.05, 3.63) is 24.5 Å². The van der Waals surface area contributed by atoms with Crippen molar-refractivity contribution < 1.29 is 5.11 Å². The minimum atomic E-state index is -0.210. The summed E-state index contributed by atoms with van der Waals surface area (Å²) >= 11 is 0. The van der Waals surface area contributed by atoms with Gasteiger partial charge in [-0.3, -0.25) is 4.98 Å². The number of hydrogen-bond acceptors (Lipinski definition) is 4. The van der Waals surface area contributed by atoms with E-state index < -0.39 is 0 Å². The molecule has 0 amide bonds. The predicted molar refractivity (Wildman–Crippen MR) is 87.6 cm³/mol. The molecule has 2 rings (SSSR count). The van der Waals surface area contributed by atoms with Crippen LogP contribution in [0, 0.1) is 5.92 Å². The van der Waals surface area contributed by atoms with E-state index in [0.29, 0.717) is 12.0 Å². The summed E-state index contributed by atoms with van der Waals surface area (Å²) in [4.78, 5) is 6.48. The van der Waals surface area contributed by atoms with Crippen LogP contribution in [-0.4, -0.2) is 41.9 Å². The third kappa shape index (κ3) is 4.68. The van der Waals surface area contributed by atoms with E-state index in [0.717, 1.165) is 45.3 Å². The molecule has 4 heteroatoms. The molecular weight excluding hydrogens is 262 g/mol. The lowest BCUT2D eigenvalue weighted by molar-refractivity contribution is 0.0971. The van der Waals surface area contributed by atoms with Crippen molar-refractivity contribution in [2.45, 2.75) is 51.7 Å². The zero-order valence-electron chi connectivity index (χ0n) is 13.3. The minimum absolute atomic E-state index is 0.210. The van der Waals surface area contributed by atoms with Gasteiger partial charge in [0.1, 0.15) is 0 Å². The number of nitrogens with one attached hydrogen (secondary N) is 1. The van der Waals surface area contributed by atoms with Gasteiger partial charge in [0, 0.05) is 43.8 Å². The SMILES string of the molecule is CCC(CC)C(O)CNC1CCN(c2ccncc2)CC1. The second-order valence-corrected chi connectivity index (χ2v) is 6.02. The van der Waals surface area contributed by atoms with Crippen LogP contribution in [0.15, 0.2) is 24.5 Å². The van der Waals surface area contributed by atoms with E-state index in [9.17, 15) is 5.11 Å². The molecule has 1 aliphatic rings. The van der Waals surface area contributed by atoms with Crippen molar-refractivity contribution in [1.82, 2.24) is 10.3 Å². The fourth-order valence-electron chi connectivity index (χ4n) is 3.18. The van der Waals surface area contributed by atoms with E-state index in [2.05, 4.69) is 41.2 Å². The number of aromatic nitrogens is 1. The van der Waals surface area contributed by atoms with Crippen molar-refractivity contribution in [2.24, 2.45) is 5.92 Å². The number of nitrogens with zero attached hydrogens (tertiary/aromatic N) is 2. The highest BCUT2D eigenvalue weighted by Crippen LogP contribution is 2.19. The fraction of sp³-hybridized carbons (Fsp3) is 0.706. The van der Waals surface area contributed by atoms with Crippen molar-refractivity contribution in [3.8, 4) is 0 Å². The summed E-state index contributed by atoms with van der Waals surface area (Å²) in [5.41, 5.74) is 1.26. The molecule has 0 spiro atoms. The van der Waals surface area contributed by atoms with Crippen LogP contribution in [0.2, 0.25) is 0 Å². The highest BCUT2D eigenvalue weighted by molar-refractivity contribution is 5.44. The van der Waals surface area contributed by atoms with Crippen molar-refractivity contribution in [2.75, 3.05) is 24.5 Å². The molecule has 21 heavy (non-hydrogen) atoms. The van der Waals surface area contributed by atoms with Gasteiger partial charge in [-0.25, -0.2) is 0 Å². The summed E-state index contributed by atoms with van der Waals surface area (Å²) in [6.45, 7) is 7.19. The lowest BCUT2D eigenvalue weighted by Crippen LogP contribution is -2.45. The van der Waals surface area contributed by atoms with Crippen LogP contribution < -0.4 is 10.2 Å². The Bertz CT molecular complexity index is 386. The van der Waals surface area contributed by atoms with E-state index in [1.54, 1.807) is 0 Å². The van der Waals surface area contributed by atoms with Crippen LogP contribution in [0.1, 0.15) is 39.5 Å². The number of hydrogen-bond donors (Lipinski definition) is 2. The van der Waals surface area contributed by atoms with Gasteiger partial charge in [0.25, 0.3) is 0 Å². The first-order valence-corrected chi connectivity index (χ1v) is 8.31. The summed E-state index contributed by atoms with van der Waals surface area (Å²) < 4.78 is 0. The highest BCUT2D eigenvalue weighted by atomic mass is 16.3. The first kappa shape index (κ1) is 16.2. The van der Waals surface area contributed by atoms with E-state index in [-0.39, 0.29) is 6.10 Å². The summed E-state index contributed by atoms with van der Waals surface area (Å²) in [5.74, 6) is 0.425. The molecule has 2 heterocycles. The van der Waals surface area contributed by atoms with Crippen LogP contribution in [-0.2, 0) is 0 Å². The van der Waals surface area contributed by atoms with Crippen LogP contribution in [0.3, 0.4) is 0 Å². The summed E-state index contributed by atoms with van der Waals surface area (Å²) in [6.07, 6.45) is 7.88. The summed E-state index contributed by atoms with van der Waals surface area (Å²) in [7, 11) is 0. The first-order valence-electron chi connectivity index (χ1n) is 8.31. The maximum atomic E-state index is 10.2. The van der Waals surface area contributed by atoms with Crippen molar-refractivity contribution in [3.63, 3.8) is 0 Å². The Morgan fingerprint density at radius 3 is 2.43 bits per heavy atom. The summed E-state index contributed by atoms with van der Waals surface area (Å²) in [5, 5.41) is 13.7. The van der Waals surface area contributed by atoms with Gasteiger partial charge < -0.3 is 15.3 Å². The zero-order valence-corrected chi connectivity index (χ0v) is 13.3. The van der Waals surface area contributed by atoms with Gasteiger partial charge in [0.05, 0.1) is 6.10 Å². The second kappa shape index (κ2) is 8.35. The Balaban J connectivity index is 1.72. The Morgan fingerprint density at radius 1 is 1.24 bits per heavy atom. The third-order valence-electron chi connectivity index (χ3n) is 4.73. The number of rotatable bonds is 7. The van der Waals surface area contributed by atoms with Gasteiger partial charge >= 0.3 is 0 Å². The Labute approximate surface area is 128 Å². The molecule has 0 aliphatic carbocycles. The molecule has 1 unspecified atom stereocenters. The van der Waals surface area contributed by atoms with Crippen molar-refractivity contribution in [1.29, 1.82) is 0 Å². The van der Waals surface area contributed by atoms with E-state index in [1.807, 2.05) is 12.4 Å². The Kier molecular flexibility index (Phi) is 6.46. The minimum Gasteiger partial charge on any atom is -0.392 e. The molecule has 4 nitrogen and oxygen atoms in total. The predicted octanol–water partition coefficient (Wildman–Crippen LogP) is 2.44. The van der Waals surface area contributed by atoms with Crippen LogP contribution in [0.4, 0.5) is 5.69 Å². The number of aliphatic hydroxyl groups is 1. The normalized spacial score (nSPS) is 18.2. The van der Waals surface area contributed by atoms with Crippen molar-refractivity contribution >= 4 is 5.69 Å². The average Bonchev–Trinajstić information content (AvgIpc) is 2.55. The van der Waals surface area contributed by atoms with Gasteiger partial charge in [0.15, 0.2) is 0 Å². The molecule has 0 bridgehead atoms. The fourth-order valence-corrected chi connectivity index (χ4v) is 3.18. The molecule has 1 aromatic heterocycles. The monoisotopic (exact) mass is 291 g/mol. The third-order valence-corrected chi connectivity index (χ3v) is 4.73. The maximum Gasteiger partial charge on any atom is 0.0692 e. The second-order valence-electron chi connectivity index (χ2n) is 6.02. The Hall–Kier alpha value is -1.13. The molecular formula is C17H29N3O. The molecule has 2 N–H and O–H groups in total. The number of anilines is 1. The van der Waals surface area contributed by atoms with E-state index in [4.69, 9.17) is 0 Å². The van der Waals surface area contributed by atoms with Crippen LogP contribution >= 0.6 is 0 Å². The molecule has 1 aromatic rings. The molecule has 1 aliphatic heterocycles. The average molecular weight is 291 g/mol.